The summed E-state index contributed by atoms with van der Waals surface area (Å²) in [6, 6.07) is 27.4. The van der Waals surface area contributed by atoms with Gasteiger partial charge in [0, 0.05) is 25.1 Å². The molecule has 0 aliphatic heterocycles. The molecule has 0 unspecified atom stereocenters. The third kappa shape index (κ3) is 8.57. The molecule has 0 saturated carbocycles. The Hall–Kier alpha value is -4.50. The summed E-state index contributed by atoms with van der Waals surface area (Å²) in [6.45, 7) is 5.39. The van der Waals surface area contributed by atoms with Gasteiger partial charge in [-0.15, -0.1) is 0 Å². The van der Waals surface area contributed by atoms with E-state index in [0.29, 0.717) is 12.2 Å². The molecule has 4 aromatic rings. The van der Waals surface area contributed by atoms with Crippen LogP contribution >= 0.6 is 0 Å². The lowest BCUT2D eigenvalue weighted by atomic mass is 10.0. The zero-order valence-electron chi connectivity index (χ0n) is 25.9. The molecule has 4 rings (SSSR count). The molecule has 45 heavy (non-hydrogen) atoms. The zero-order chi connectivity index (χ0) is 32.4. The molecular weight excluding hydrogens is 589 g/mol. The summed E-state index contributed by atoms with van der Waals surface area (Å²) < 4.78 is 44.3. The van der Waals surface area contributed by atoms with Gasteiger partial charge in [-0.05, 0) is 67.3 Å². The number of halogens is 1. The number of nitrogens with one attached hydrogen (secondary N) is 1. The first-order chi connectivity index (χ1) is 21.6. The van der Waals surface area contributed by atoms with Crippen molar-refractivity contribution < 1.29 is 22.4 Å². The van der Waals surface area contributed by atoms with E-state index in [4.69, 9.17) is 0 Å². The molecule has 0 spiro atoms. The summed E-state index contributed by atoms with van der Waals surface area (Å²) >= 11 is 0. The predicted molar refractivity (Wildman–Crippen MR) is 176 cm³/mol. The normalized spacial score (nSPS) is 11.9. The lowest BCUT2D eigenvalue weighted by molar-refractivity contribution is -0.140. The van der Waals surface area contributed by atoms with Crippen molar-refractivity contribution in [2.45, 2.75) is 57.5 Å². The topological polar surface area (TPSA) is 86.8 Å². The lowest BCUT2D eigenvalue weighted by Gasteiger charge is -2.34. The van der Waals surface area contributed by atoms with Crippen molar-refractivity contribution in [3.05, 3.63) is 131 Å². The van der Waals surface area contributed by atoms with E-state index >= 15 is 4.39 Å². The van der Waals surface area contributed by atoms with Crippen molar-refractivity contribution in [2.24, 2.45) is 0 Å². The number of anilines is 1. The summed E-state index contributed by atoms with van der Waals surface area (Å²) in [5.41, 5.74) is 3.16. The molecule has 4 aromatic carbocycles. The standard InChI is InChI=1S/C36H40FN3O4S/c1-4-5-22-38-36(42)34(24-29-14-8-6-9-15-29)39(25-30-16-12-13-19-33(30)37)35(41)26-40(31-21-20-27(2)28(3)23-31)45(43,44)32-17-10-7-11-18-32/h6-21,23,34H,4-5,22,24-26H2,1-3H3,(H,38,42)/t34-/m0/s1. The summed E-state index contributed by atoms with van der Waals surface area (Å²) in [7, 11) is -4.20. The Labute approximate surface area is 265 Å². The highest BCUT2D eigenvalue weighted by Crippen LogP contribution is 2.27. The van der Waals surface area contributed by atoms with E-state index in [0.717, 1.165) is 33.8 Å². The second-order valence-corrected chi connectivity index (χ2v) is 12.9. The van der Waals surface area contributed by atoms with Crippen LogP contribution in [0.25, 0.3) is 0 Å². The fourth-order valence-electron chi connectivity index (χ4n) is 5.00. The summed E-state index contributed by atoms with van der Waals surface area (Å²) in [6.07, 6.45) is 1.78. The number of sulfonamides is 1. The highest BCUT2D eigenvalue weighted by atomic mass is 32.2. The van der Waals surface area contributed by atoms with Gasteiger partial charge in [0.1, 0.15) is 18.4 Å². The van der Waals surface area contributed by atoms with Gasteiger partial charge < -0.3 is 10.2 Å². The number of carbonyl (C=O) groups is 2. The number of nitrogens with zero attached hydrogens (tertiary/aromatic N) is 2. The van der Waals surface area contributed by atoms with Crippen molar-refractivity contribution in [1.29, 1.82) is 0 Å². The minimum atomic E-state index is -4.20. The second-order valence-electron chi connectivity index (χ2n) is 11.1. The van der Waals surface area contributed by atoms with E-state index in [-0.39, 0.29) is 29.3 Å². The van der Waals surface area contributed by atoms with Crippen molar-refractivity contribution in [2.75, 3.05) is 17.4 Å². The molecule has 2 amide bonds. The predicted octanol–water partition coefficient (Wildman–Crippen LogP) is 6.19. The molecule has 0 bridgehead atoms. The van der Waals surface area contributed by atoms with Crippen LogP contribution in [-0.4, -0.2) is 44.3 Å². The number of amides is 2. The van der Waals surface area contributed by atoms with Gasteiger partial charge in [0.05, 0.1) is 10.6 Å². The molecule has 7 nitrogen and oxygen atoms in total. The maximum absolute atomic E-state index is 15.0. The largest absolute Gasteiger partial charge is 0.354 e. The van der Waals surface area contributed by atoms with E-state index in [1.54, 1.807) is 54.6 Å². The molecule has 1 atom stereocenters. The van der Waals surface area contributed by atoms with Crippen LogP contribution in [0.4, 0.5) is 10.1 Å². The molecule has 0 heterocycles. The first-order valence-electron chi connectivity index (χ1n) is 15.1. The van der Waals surface area contributed by atoms with Crippen LogP contribution < -0.4 is 9.62 Å². The van der Waals surface area contributed by atoms with Crippen molar-refractivity contribution >= 4 is 27.5 Å². The van der Waals surface area contributed by atoms with Gasteiger partial charge in [-0.25, -0.2) is 12.8 Å². The summed E-state index contributed by atoms with van der Waals surface area (Å²) in [4.78, 5) is 29.6. The van der Waals surface area contributed by atoms with Crippen LogP contribution in [0, 0.1) is 19.7 Å². The summed E-state index contributed by atoms with van der Waals surface area (Å²) in [5, 5.41) is 2.94. The van der Waals surface area contributed by atoms with Crippen LogP contribution in [0.2, 0.25) is 0 Å². The number of aryl methyl sites for hydroxylation is 2. The Kier molecular flexibility index (Phi) is 11.5. The molecule has 0 fully saturated rings. The van der Waals surface area contributed by atoms with Gasteiger partial charge in [0.15, 0.2) is 0 Å². The van der Waals surface area contributed by atoms with E-state index in [1.807, 2.05) is 51.1 Å². The van der Waals surface area contributed by atoms with Crippen LogP contribution in [0.1, 0.15) is 42.0 Å². The first kappa shape index (κ1) is 33.4. The monoisotopic (exact) mass is 629 g/mol. The molecule has 1 N–H and O–H groups in total. The number of benzene rings is 4. The minimum absolute atomic E-state index is 0.0230. The van der Waals surface area contributed by atoms with E-state index in [2.05, 4.69) is 5.32 Å². The average molecular weight is 630 g/mol. The molecule has 0 radical (unpaired) electrons. The molecule has 9 heteroatoms. The van der Waals surface area contributed by atoms with E-state index < -0.39 is 34.3 Å². The van der Waals surface area contributed by atoms with Crippen molar-refractivity contribution in [1.82, 2.24) is 10.2 Å². The smallest absolute Gasteiger partial charge is 0.264 e. The summed E-state index contributed by atoms with van der Waals surface area (Å²) in [5.74, 6) is -1.55. The molecule has 0 aromatic heterocycles. The van der Waals surface area contributed by atoms with Gasteiger partial charge >= 0.3 is 0 Å². The quantitative estimate of drug-likeness (QED) is 0.169. The molecule has 236 valence electrons. The van der Waals surface area contributed by atoms with Gasteiger partial charge in [-0.3, -0.25) is 13.9 Å². The maximum Gasteiger partial charge on any atom is 0.264 e. The van der Waals surface area contributed by atoms with E-state index in [9.17, 15) is 18.0 Å². The molecular formula is C36H40FN3O4S. The Morgan fingerprint density at radius 1 is 0.844 bits per heavy atom. The highest BCUT2D eigenvalue weighted by Gasteiger charge is 2.35. The number of hydrogen-bond donors (Lipinski definition) is 1. The number of unbranched alkanes of at least 4 members (excludes halogenated alkanes) is 1. The Morgan fingerprint density at radius 2 is 1.49 bits per heavy atom. The number of rotatable bonds is 14. The third-order valence-electron chi connectivity index (χ3n) is 7.79. The van der Waals surface area contributed by atoms with Gasteiger partial charge in [-0.1, -0.05) is 86.1 Å². The van der Waals surface area contributed by atoms with Crippen LogP contribution in [0.15, 0.2) is 108 Å². The minimum Gasteiger partial charge on any atom is -0.354 e. The molecule has 0 aliphatic carbocycles. The van der Waals surface area contributed by atoms with Crippen LogP contribution in [0.3, 0.4) is 0 Å². The lowest BCUT2D eigenvalue weighted by Crippen LogP contribution is -2.53. The van der Waals surface area contributed by atoms with Gasteiger partial charge in [0.2, 0.25) is 11.8 Å². The molecule has 0 saturated heterocycles. The highest BCUT2D eigenvalue weighted by molar-refractivity contribution is 7.92. The average Bonchev–Trinajstić information content (AvgIpc) is 3.04. The number of hydrogen-bond acceptors (Lipinski definition) is 4. The second kappa shape index (κ2) is 15.5. The van der Waals surface area contributed by atoms with Crippen molar-refractivity contribution in [3.63, 3.8) is 0 Å². The zero-order valence-corrected chi connectivity index (χ0v) is 26.8. The SMILES string of the molecule is CCCCNC(=O)[C@H](Cc1ccccc1)N(Cc1ccccc1F)C(=O)CN(c1ccc(C)c(C)c1)S(=O)(=O)c1ccccc1. The number of carbonyl (C=O) groups excluding carboxylic acids is 2. The van der Waals surface area contributed by atoms with E-state index in [1.165, 1.54) is 23.1 Å². The van der Waals surface area contributed by atoms with Gasteiger partial charge in [-0.2, -0.15) is 0 Å². The third-order valence-corrected chi connectivity index (χ3v) is 9.58. The maximum atomic E-state index is 15.0. The van der Waals surface area contributed by atoms with Crippen molar-refractivity contribution in [3.8, 4) is 0 Å². The Bertz CT molecular complexity index is 1700. The first-order valence-corrected chi connectivity index (χ1v) is 16.6. The fourth-order valence-corrected chi connectivity index (χ4v) is 6.43. The Morgan fingerprint density at radius 3 is 2.13 bits per heavy atom. The van der Waals surface area contributed by atoms with Gasteiger partial charge in [0.25, 0.3) is 10.0 Å². The van der Waals surface area contributed by atoms with Crippen LogP contribution in [0.5, 0.6) is 0 Å². The fraction of sp³-hybridized carbons (Fsp3) is 0.278. The molecule has 0 aliphatic rings. The Balaban J connectivity index is 1.81. The van der Waals surface area contributed by atoms with Crippen LogP contribution in [-0.2, 0) is 32.6 Å².